The topological polar surface area (TPSA) is 71.0 Å². The molecule has 0 aromatic heterocycles. The van der Waals surface area contributed by atoms with Gasteiger partial charge in [-0.15, -0.1) is 0 Å². The van der Waals surface area contributed by atoms with Crippen LogP contribution in [0.5, 0.6) is 11.5 Å². The van der Waals surface area contributed by atoms with Crippen LogP contribution in [0.2, 0.25) is 0 Å². The lowest BCUT2D eigenvalue weighted by Crippen LogP contribution is -2.50. The van der Waals surface area contributed by atoms with Gasteiger partial charge in [0.2, 0.25) is 0 Å². The predicted octanol–water partition coefficient (Wildman–Crippen LogP) is 3.05. The summed E-state index contributed by atoms with van der Waals surface area (Å²) >= 11 is 0. The molecule has 1 aliphatic rings. The molecule has 0 spiro atoms. The fourth-order valence-corrected chi connectivity index (χ4v) is 4.34. The number of nitrogens with zero attached hydrogens (tertiary/aromatic N) is 1. The molecular weight excluding hydrogens is 380 g/mol. The van der Waals surface area contributed by atoms with Crippen molar-refractivity contribution < 1.29 is 19.4 Å². The molecular formula is C24H32N2O4. The minimum atomic E-state index is -0.958. The van der Waals surface area contributed by atoms with Gasteiger partial charge in [0.05, 0.1) is 19.8 Å². The molecule has 6 heteroatoms. The first kappa shape index (κ1) is 22.1. The molecule has 2 aromatic rings. The Morgan fingerprint density at radius 2 is 1.83 bits per heavy atom. The average Bonchev–Trinajstić information content (AvgIpc) is 2.76. The monoisotopic (exact) mass is 412 g/mol. The van der Waals surface area contributed by atoms with Gasteiger partial charge in [-0.2, -0.15) is 0 Å². The molecule has 3 rings (SSSR count). The van der Waals surface area contributed by atoms with Gasteiger partial charge in [0.25, 0.3) is 5.91 Å². The molecule has 0 aliphatic heterocycles. The van der Waals surface area contributed by atoms with Gasteiger partial charge in [-0.05, 0) is 75.3 Å². The lowest BCUT2D eigenvalue weighted by molar-refractivity contribution is -0.0685. The molecule has 1 saturated carbocycles. The molecule has 2 N–H and O–H groups in total. The van der Waals surface area contributed by atoms with Crippen molar-refractivity contribution in [3.8, 4) is 11.5 Å². The molecule has 1 amide bonds. The van der Waals surface area contributed by atoms with E-state index in [2.05, 4.69) is 10.2 Å². The van der Waals surface area contributed by atoms with Crippen molar-refractivity contribution in [1.82, 2.24) is 10.2 Å². The zero-order valence-corrected chi connectivity index (χ0v) is 18.2. The summed E-state index contributed by atoms with van der Waals surface area (Å²) < 4.78 is 10.5. The maximum Gasteiger partial charge on any atom is 0.251 e. The summed E-state index contributed by atoms with van der Waals surface area (Å²) in [6.45, 7) is 0.725. The highest BCUT2D eigenvalue weighted by atomic mass is 16.5. The zero-order chi connectivity index (χ0) is 21.7. The summed E-state index contributed by atoms with van der Waals surface area (Å²) in [6.07, 6.45) is 1.99. The number of ether oxygens (including phenoxy) is 2. The third-order valence-electron chi connectivity index (χ3n) is 5.96. The smallest absolute Gasteiger partial charge is 0.251 e. The third kappa shape index (κ3) is 4.94. The maximum absolute atomic E-state index is 12.7. The average molecular weight is 413 g/mol. The quantitative estimate of drug-likeness (QED) is 0.731. The van der Waals surface area contributed by atoms with Crippen molar-refractivity contribution in [2.45, 2.75) is 30.9 Å². The van der Waals surface area contributed by atoms with E-state index in [0.717, 1.165) is 23.6 Å². The number of aliphatic hydroxyl groups is 1. The van der Waals surface area contributed by atoms with Crippen molar-refractivity contribution in [2.75, 3.05) is 34.9 Å². The van der Waals surface area contributed by atoms with Crippen LogP contribution in [0.25, 0.3) is 0 Å². The Balaban J connectivity index is 1.75. The number of carbonyl (C=O) groups is 1. The van der Waals surface area contributed by atoms with Crippen LogP contribution in [-0.2, 0) is 5.60 Å². The number of benzene rings is 2. The van der Waals surface area contributed by atoms with Crippen LogP contribution in [0.3, 0.4) is 0 Å². The summed E-state index contributed by atoms with van der Waals surface area (Å²) in [7, 11) is 7.24. The number of methoxy groups -OCH3 is 2. The molecule has 6 nitrogen and oxygen atoms in total. The minimum Gasteiger partial charge on any atom is -0.497 e. The number of hydrogen-bond donors (Lipinski definition) is 2. The van der Waals surface area contributed by atoms with Crippen LogP contribution in [0.4, 0.5) is 0 Å². The number of carbonyl (C=O) groups excluding carboxylic acids is 1. The summed E-state index contributed by atoms with van der Waals surface area (Å²) in [5, 5.41) is 14.8. The van der Waals surface area contributed by atoms with Gasteiger partial charge >= 0.3 is 0 Å². The van der Waals surface area contributed by atoms with Crippen molar-refractivity contribution in [3.05, 3.63) is 59.7 Å². The standard InChI is InChI=1S/C24H32N2O4/c1-26(2)16-19-14-20(25-23(27)17-8-10-21(29-3)11-9-17)12-13-24(19,28)18-6-5-7-22(15-18)30-4/h5-11,15,19-20,28H,12-14,16H2,1-4H3,(H,25,27). The van der Waals surface area contributed by atoms with Crippen molar-refractivity contribution in [3.63, 3.8) is 0 Å². The lowest BCUT2D eigenvalue weighted by atomic mass is 9.69. The molecule has 0 bridgehead atoms. The highest BCUT2D eigenvalue weighted by molar-refractivity contribution is 5.94. The minimum absolute atomic E-state index is 0.00966. The molecule has 162 valence electrons. The highest BCUT2D eigenvalue weighted by Gasteiger charge is 2.44. The zero-order valence-electron chi connectivity index (χ0n) is 18.2. The second-order valence-electron chi connectivity index (χ2n) is 8.29. The Morgan fingerprint density at radius 3 is 2.47 bits per heavy atom. The summed E-state index contributed by atoms with van der Waals surface area (Å²) in [6, 6.07) is 14.8. The number of hydrogen-bond acceptors (Lipinski definition) is 5. The SMILES string of the molecule is COc1ccc(C(=O)NC2CCC(O)(c3cccc(OC)c3)C(CN(C)C)C2)cc1. The first-order chi connectivity index (χ1) is 14.4. The lowest BCUT2D eigenvalue weighted by Gasteiger charge is -2.44. The molecule has 30 heavy (non-hydrogen) atoms. The molecule has 0 heterocycles. The van der Waals surface area contributed by atoms with Crippen molar-refractivity contribution in [2.24, 2.45) is 5.92 Å². The Labute approximate surface area is 178 Å². The van der Waals surface area contributed by atoms with Crippen LogP contribution < -0.4 is 14.8 Å². The van der Waals surface area contributed by atoms with Crippen LogP contribution in [-0.4, -0.2) is 56.8 Å². The highest BCUT2D eigenvalue weighted by Crippen LogP contribution is 2.43. The largest absolute Gasteiger partial charge is 0.497 e. The van der Waals surface area contributed by atoms with Gasteiger partial charge in [0, 0.05) is 24.1 Å². The van der Waals surface area contributed by atoms with E-state index in [1.54, 1.807) is 38.5 Å². The van der Waals surface area contributed by atoms with Crippen LogP contribution in [0.1, 0.15) is 35.2 Å². The molecule has 0 radical (unpaired) electrons. The van der Waals surface area contributed by atoms with E-state index in [9.17, 15) is 9.90 Å². The van der Waals surface area contributed by atoms with E-state index in [1.165, 1.54) is 0 Å². The summed E-state index contributed by atoms with van der Waals surface area (Å²) in [5.74, 6) is 1.34. The fourth-order valence-electron chi connectivity index (χ4n) is 4.34. The van der Waals surface area contributed by atoms with Crippen LogP contribution in [0, 0.1) is 5.92 Å². The Bertz CT molecular complexity index is 853. The molecule has 1 fully saturated rings. The van der Waals surface area contributed by atoms with Gasteiger partial charge in [-0.25, -0.2) is 0 Å². The van der Waals surface area contributed by atoms with Gasteiger partial charge in [-0.3, -0.25) is 4.79 Å². The first-order valence-electron chi connectivity index (χ1n) is 10.3. The second-order valence-corrected chi connectivity index (χ2v) is 8.29. The number of rotatable bonds is 7. The van der Waals surface area contributed by atoms with E-state index in [0.29, 0.717) is 24.8 Å². The van der Waals surface area contributed by atoms with Crippen molar-refractivity contribution >= 4 is 5.91 Å². The van der Waals surface area contributed by atoms with E-state index in [4.69, 9.17) is 9.47 Å². The number of amides is 1. The predicted molar refractivity (Wildman–Crippen MR) is 117 cm³/mol. The van der Waals surface area contributed by atoms with E-state index in [-0.39, 0.29) is 17.9 Å². The molecule has 3 unspecified atom stereocenters. The van der Waals surface area contributed by atoms with Gasteiger partial charge < -0.3 is 24.8 Å². The third-order valence-corrected chi connectivity index (χ3v) is 5.96. The van der Waals surface area contributed by atoms with Crippen LogP contribution in [0.15, 0.2) is 48.5 Å². The van der Waals surface area contributed by atoms with Crippen molar-refractivity contribution in [1.29, 1.82) is 0 Å². The van der Waals surface area contributed by atoms with E-state index < -0.39 is 5.60 Å². The Kier molecular flexibility index (Phi) is 7.00. The fraction of sp³-hybridized carbons (Fsp3) is 0.458. The number of nitrogens with one attached hydrogen (secondary N) is 1. The normalized spacial score (nSPS) is 23.8. The first-order valence-corrected chi connectivity index (χ1v) is 10.3. The summed E-state index contributed by atoms with van der Waals surface area (Å²) in [5.41, 5.74) is 0.516. The summed E-state index contributed by atoms with van der Waals surface area (Å²) in [4.78, 5) is 14.8. The van der Waals surface area contributed by atoms with Gasteiger partial charge in [-0.1, -0.05) is 12.1 Å². The van der Waals surface area contributed by atoms with E-state index >= 15 is 0 Å². The Morgan fingerprint density at radius 1 is 1.13 bits per heavy atom. The maximum atomic E-state index is 12.7. The van der Waals surface area contributed by atoms with Gasteiger partial charge in [0.15, 0.2) is 0 Å². The molecule has 3 atom stereocenters. The van der Waals surface area contributed by atoms with Crippen LogP contribution >= 0.6 is 0 Å². The molecule has 1 aliphatic carbocycles. The molecule has 2 aromatic carbocycles. The van der Waals surface area contributed by atoms with Gasteiger partial charge in [0.1, 0.15) is 11.5 Å². The second kappa shape index (κ2) is 9.49. The molecule has 0 saturated heterocycles. The Hall–Kier alpha value is -2.57. The van der Waals surface area contributed by atoms with E-state index in [1.807, 2.05) is 38.4 Å².